The summed E-state index contributed by atoms with van der Waals surface area (Å²) in [6.07, 6.45) is -0.346. The Hall–Kier alpha value is -1.85. The lowest BCUT2D eigenvalue weighted by Gasteiger charge is -2.22. The summed E-state index contributed by atoms with van der Waals surface area (Å²) >= 11 is 0. The molecule has 0 unspecified atom stereocenters. The second kappa shape index (κ2) is 4.80. The predicted molar refractivity (Wildman–Crippen MR) is 59.5 cm³/mol. The van der Waals surface area contributed by atoms with Crippen molar-refractivity contribution in [3.8, 4) is 0 Å². The van der Waals surface area contributed by atoms with Gasteiger partial charge in [-0.2, -0.15) is 13.2 Å². The van der Waals surface area contributed by atoms with Gasteiger partial charge in [0.1, 0.15) is 0 Å². The Morgan fingerprint density at radius 3 is 2.56 bits per heavy atom. The van der Waals surface area contributed by atoms with Crippen molar-refractivity contribution >= 4 is 12.0 Å². The first-order valence-electron chi connectivity index (χ1n) is 5.42. The minimum atomic E-state index is -4.36. The summed E-state index contributed by atoms with van der Waals surface area (Å²) in [5.41, 5.74) is 0.660. The van der Waals surface area contributed by atoms with E-state index in [9.17, 15) is 18.0 Å². The number of carbonyl (C=O) groups excluding carboxylic acids is 1. The van der Waals surface area contributed by atoms with Gasteiger partial charge in [-0.3, -0.25) is 9.78 Å². The maximum atomic E-state index is 12.4. The number of carbonyl (C=O) groups is 1. The minimum Gasteiger partial charge on any atom is -0.341 e. The standard InChI is InChI=1S/C12H11F3N2O/c13-12(14,15)10-1-2-11(16-7-10)9-3-5-17(8-18)6-4-9/h1-3,7-8H,4-6H2. The molecule has 0 aromatic carbocycles. The number of alkyl halides is 3. The molecule has 1 amide bonds. The molecule has 0 bridgehead atoms. The number of hydrogen-bond acceptors (Lipinski definition) is 2. The molecule has 0 N–H and O–H groups in total. The maximum absolute atomic E-state index is 12.4. The van der Waals surface area contributed by atoms with Gasteiger partial charge in [-0.15, -0.1) is 0 Å². The van der Waals surface area contributed by atoms with Crippen molar-refractivity contribution in [1.29, 1.82) is 0 Å². The second-order valence-corrected chi connectivity index (χ2v) is 4.01. The van der Waals surface area contributed by atoms with Crippen molar-refractivity contribution < 1.29 is 18.0 Å². The van der Waals surface area contributed by atoms with Crippen LogP contribution in [-0.2, 0) is 11.0 Å². The fourth-order valence-electron chi connectivity index (χ4n) is 1.76. The maximum Gasteiger partial charge on any atom is 0.417 e. The van der Waals surface area contributed by atoms with Gasteiger partial charge in [0.2, 0.25) is 6.41 Å². The predicted octanol–water partition coefficient (Wildman–Crippen LogP) is 2.35. The van der Waals surface area contributed by atoms with Crippen molar-refractivity contribution in [3.05, 3.63) is 35.7 Å². The molecule has 2 heterocycles. The monoisotopic (exact) mass is 256 g/mol. The molecule has 3 nitrogen and oxygen atoms in total. The van der Waals surface area contributed by atoms with Gasteiger partial charge >= 0.3 is 6.18 Å². The van der Waals surface area contributed by atoms with Crippen molar-refractivity contribution in [2.45, 2.75) is 12.6 Å². The number of nitrogens with zero attached hydrogens (tertiary/aromatic N) is 2. The summed E-state index contributed by atoms with van der Waals surface area (Å²) in [5.74, 6) is 0. The fourth-order valence-corrected chi connectivity index (χ4v) is 1.76. The van der Waals surface area contributed by atoms with Crippen LogP contribution in [0.3, 0.4) is 0 Å². The molecule has 1 aliphatic rings. The summed E-state index contributed by atoms with van der Waals surface area (Å²) in [6.45, 7) is 1.04. The highest BCUT2D eigenvalue weighted by molar-refractivity contribution is 5.65. The van der Waals surface area contributed by atoms with Crippen LogP contribution in [0.5, 0.6) is 0 Å². The van der Waals surface area contributed by atoms with E-state index >= 15 is 0 Å². The fraction of sp³-hybridized carbons (Fsp3) is 0.333. The minimum absolute atomic E-state index is 0.474. The Bertz CT molecular complexity index is 465. The zero-order chi connectivity index (χ0) is 13.2. The lowest BCUT2D eigenvalue weighted by atomic mass is 10.0. The molecule has 0 saturated carbocycles. The highest BCUT2D eigenvalue weighted by Gasteiger charge is 2.30. The summed E-state index contributed by atoms with van der Waals surface area (Å²) in [4.78, 5) is 15.9. The van der Waals surface area contributed by atoms with Gasteiger partial charge in [-0.05, 0) is 24.1 Å². The van der Waals surface area contributed by atoms with Crippen LogP contribution in [0.4, 0.5) is 13.2 Å². The van der Waals surface area contributed by atoms with Crippen LogP contribution in [0.15, 0.2) is 24.4 Å². The van der Waals surface area contributed by atoms with Crippen molar-refractivity contribution in [1.82, 2.24) is 9.88 Å². The molecule has 6 heteroatoms. The number of aromatic nitrogens is 1. The first-order chi connectivity index (χ1) is 8.50. The average Bonchev–Trinajstić information content (AvgIpc) is 2.38. The van der Waals surface area contributed by atoms with Crippen LogP contribution in [0.1, 0.15) is 17.7 Å². The Morgan fingerprint density at radius 1 is 1.33 bits per heavy atom. The van der Waals surface area contributed by atoms with E-state index in [2.05, 4.69) is 4.98 Å². The van der Waals surface area contributed by atoms with E-state index in [4.69, 9.17) is 0 Å². The SMILES string of the molecule is O=CN1CC=C(c2ccc(C(F)(F)F)cn2)CC1. The average molecular weight is 256 g/mol. The summed E-state index contributed by atoms with van der Waals surface area (Å²) in [5, 5.41) is 0. The molecule has 0 saturated heterocycles. The van der Waals surface area contributed by atoms with Gasteiger partial charge < -0.3 is 4.90 Å². The zero-order valence-corrected chi connectivity index (χ0v) is 9.44. The highest BCUT2D eigenvalue weighted by atomic mass is 19.4. The van der Waals surface area contributed by atoms with Crippen LogP contribution in [0.2, 0.25) is 0 Å². The number of pyridine rings is 1. The number of hydrogen-bond donors (Lipinski definition) is 0. The molecular formula is C12H11F3N2O. The molecule has 0 fully saturated rings. The lowest BCUT2D eigenvalue weighted by molar-refractivity contribution is -0.137. The molecular weight excluding hydrogens is 245 g/mol. The molecule has 0 atom stereocenters. The van der Waals surface area contributed by atoms with E-state index in [0.717, 1.165) is 24.2 Å². The molecule has 96 valence electrons. The van der Waals surface area contributed by atoms with Crippen LogP contribution >= 0.6 is 0 Å². The zero-order valence-electron chi connectivity index (χ0n) is 9.44. The molecule has 1 aromatic rings. The molecule has 0 radical (unpaired) electrons. The van der Waals surface area contributed by atoms with E-state index in [-0.39, 0.29) is 0 Å². The Balaban J connectivity index is 2.16. The van der Waals surface area contributed by atoms with Gasteiger partial charge in [0.05, 0.1) is 11.3 Å². The molecule has 1 aromatic heterocycles. The van der Waals surface area contributed by atoms with Gasteiger partial charge in [0.25, 0.3) is 0 Å². The number of rotatable bonds is 2. The Labute approximate surface area is 102 Å². The third kappa shape index (κ3) is 2.69. The second-order valence-electron chi connectivity index (χ2n) is 4.01. The first-order valence-corrected chi connectivity index (χ1v) is 5.42. The molecule has 1 aliphatic heterocycles. The Morgan fingerprint density at radius 2 is 2.11 bits per heavy atom. The number of halogens is 3. The summed E-state index contributed by atoms with van der Waals surface area (Å²) in [7, 11) is 0. The van der Waals surface area contributed by atoms with Crippen LogP contribution < -0.4 is 0 Å². The van der Waals surface area contributed by atoms with Gasteiger partial charge in [0, 0.05) is 19.3 Å². The third-order valence-corrected chi connectivity index (χ3v) is 2.81. The topological polar surface area (TPSA) is 33.2 Å². The number of amides is 1. The van der Waals surface area contributed by atoms with Crippen LogP contribution in [0, 0.1) is 0 Å². The van der Waals surface area contributed by atoms with Crippen molar-refractivity contribution in [2.75, 3.05) is 13.1 Å². The Kier molecular flexibility index (Phi) is 3.36. The van der Waals surface area contributed by atoms with E-state index < -0.39 is 11.7 Å². The highest BCUT2D eigenvalue weighted by Crippen LogP contribution is 2.29. The molecule has 18 heavy (non-hydrogen) atoms. The smallest absolute Gasteiger partial charge is 0.341 e. The first kappa shape index (κ1) is 12.6. The molecule has 0 aliphatic carbocycles. The van der Waals surface area contributed by atoms with E-state index in [0.29, 0.717) is 25.2 Å². The molecule has 0 spiro atoms. The molecule has 2 rings (SSSR count). The lowest BCUT2D eigenvalue weighted by Crippen LogP contribution is -2.26. The largest absolute Gasteiger partial charge is 0.417 e. The van der Waals surface area contributed by atoms with Crippen LogP contribution in [-0.4, -0.2) is 29.4 Å². The third-order valence-electron chi connectivity index (χ3n) is 2.81. The van der Waals surface area contributed by atoms with E-state index in [1.807, 2.05) is 6.08 Å². The quantitative estimate of drug-likeness (QED) is 0.761. The normalized spacial score (nSPS) is 16.4. The van der Waals surface area contributed by atoms with Gasteiger partial charge in [0.15, 0.2) is 0 Å². The van der Waals surface area contributed by atoms with Gasteiger partial charge in [-0.1, -0.05) is 6.08 Å². The summed E-state index contributed by atoms with van der Waals surface area (Å²) in [6, 6.07) is 2.39. The van der Waals surface area contributed by atoms with Crippen LogP contribution in [0.25, 0.3) is 5.57 Å². The van der Waals surface area contributed by atoms with Crippen molar-refractivity contribution in [3.63, 3.8) is 0 Å². The summed E-state index contributed by atoms with van der Waals surface area (Å²) < 4.78 is 37.1. The van der Waals surface area contributed by atoms with E-state index in [1.54, 1.807) is 4.90 Å². The van der Waals surface area contributed by atoms with E-state index in [1.165, 1.54) is 6.07 Å². The van der Waals surface area contributed by atoms with Crippen molar-refractivity contribution in [2.24, 2.45) is 0 Å². The van der Waals surface area contributed by atoms with Gasteiger partial charge in [-0.25, -0.2) is 0 Å².